The highest BCUT2D eigenvalue weighted by Crippen LogP contribution is 2.30. The Balaban J connectivity index is 2.03. The van der Waals surface area contributed by atoms with Gasteiger partial charge in [0.2, 0.25) is 0 Å². The number of carbonyl (C=O) groups is 1. The maximum atomic E-state index is 12.1. The topological polar surface area (TPSA) is 61.4 Å². The first-order valence-corrected chi connectivity index (χ1v) is 8.70. The molecule has 0 spiro atoms. The van der Waals surface area contributed by atoms with Crippen LogP contribution in [0.15, 0.2) is 35.7 Å². The number of benzene rings is 1. The van der Waals surface area contributed by atoms with Gasteiger partial charge in [-0.3, -0.25) is 0 Å². The molecule has 5 heteroatoms. The fourth-order valence-corrected chi connectivity index (χ4v) is 3.43. The highest BCUT2D eigenvalue weighted by molar-refractivity contribution is 7.13. The number of hydrogen-bond donors (Lipinski definition) is 3. The second-order valence-electron chi connectivity index (χ2n) is 6.12. The number of hydrogen-bond acceptors (Lipinski definition) is 3. The number of aliphatic hydroxyl groups excluding tert-OH is 1. The van der Waals surface area contributed by atoms with Crippen LogP contribution in [0.1, 0.15) is 25.8 Å². The lowest BCUT2D eigenvalue weighted by Gasteiger charge is -2.18. The van der Waals surface area contributed by atoms with Gasteiger partial charge in [0.1, 0.15) is 0 Å². The van der Waals surface area contributed by atoms with E-state index in [1.54, 1.807) is 11.3 Å². The second kappa shape index (κ2) is 8.13. The first kappa shape index (κ1) is 17.5. The smallest absolute Gasteiger partial charge is 0.319 e. The maximum absolute atomic E-state index is 12.1. The Bertz CT molecular complexity index is 652. The number of amides is 2. The van der Waals surface area contributed by atoms with Crippen LogP contribution in [0.4, 0.5) is 10.5 Å². The third-order valence-electron chi connectivity index (χ3n) is 3.56. The highest BCUT2D eigenvalue weighted by atomic mass is 32.1. The average Bonchev–Trinajstić information content (AvgIpc) is 2.92. The number of nitrogens with one attached hydrogen (secondary N) is 2. The molecule has 23 heavy (non-hydrogen) atoms. The molecule has 2 rings (SSSR count). The number of anilines is 1. The van der Waals surface area contributed by atoms with Crippen LogP contribution in [0, 0.1) is 12.8 Å². The molecule has 0 fully saturated rings. The molecule has 1 unspecified atom stereocenters. The van der Waals surface area contributed by atoms with Crippen molar-refractivity contribution in [1.82, 2.24) is 5.32 Å². The number of thiophene rings is 1. The van der Waals surface area contributed by atoms with E-state index in [0.717, 1.165) is 17.7 Å². The Kier molecular flexibility index (Phi) is 6.19. The van der Waals surface area contributed by atoms with Crippen LogP contribution in [0.3, 0.4) is 0 Å². The SMILES string of the molecule is Cc1ccsc1-c1cccc(NC(=O)NC(CO)CC(C)C)c1. The van der Waals surface area contributed by atoms with Crippen molar-refractivity contribution in [2.45, 2.75) is 33.2 Å². The summed E-state index contributed by atoms with van der Waals surface area (Å²) in [6.07, 6.45) is 0.748. The van der Waals surface area contributed by atoms with Gasteiger partial charge < -0.3 is 15.7 Å². The van der Waals surface area contributed by atoms with Crippen LogP contribution in [-0.4, -0.2) is 23.8 Å². The van der Waals surface area contributed by atoms with E-state index in [0.29, 0.717) is 5.92 Å². The molecule has 1 aromatic carbocycles. The van der Waals surface area contributed by atoms with Gasteiger partial charge in [-0.2, -0.15) is 0 Å². The van der Waals surface area contributed by atoms with E-state index in [9.17, 15) is 9.90 Å². The molecule has 1 aromatic heterocycles. The predicted molar refractivity (Wildman–Crippen MR) is 97.0 cm³/mol. The molecule has 0 bridgehead atoms. The van der Waals surface area contributed by atoms with Crippen LogP contribution in [0.2, 0.25) is 0 Å². The molecule has 2 aromatic rings. The molecule has 0 aliphatic heterocycles. The third kappa shape index (κ3) is 5.08. The summed E-state index contributed by atoms with van der Waals surface area (Å²) in [5.41, 5.74) is 3.07. The van der Waals surface area contributed by atoms with E-state index < -0.39 is 0 Å². The van der Waals surface area contributed by atoms with Gasteiger partial charge >= 0.3 is 6.03 Å². The lowest BCUT2D eigenvalue weighted by atomic mass is 10.0. The number of aliphatic hydroxyl groups is 1. The summed E-state index contributed by atoms with van der Waals surface area (Å²) in [6.45, 7) is 6.15. The summed E-state index contributed by atoms with van der Waals surface area (Å²) in [7, 11) is 0. The Morgan fingerprint density at radius 1 is 1.30 bits per heavy atom. The lowest BCUT2D eigenvalue weighted by Crippen LogP contribution is -2.40. The minimum absolute atomic E-state index is 0.0555. The zero-order valence-electron chi connectivity index (χ0n) is 13.8. The third-order valence-corrected chi connectivity index (χ3v) is 4.62. The summed E-state index contributed by atoms with van der Waals surface area (Å²) in [5.74, 6) is 0.414. The fourth-order valence-electron chi connectivity index (χ4n) is 2.51. The molecule has 0 radical (unpaired) electrons. The van der Waals surface area contributed by atoms with Crippen molar-refractivity contribution in [1.29, 1.82) is 0 Å². The monoisotopic (exact) mass is 332 g/mol. The lowest BCUT2D eigenvalue weighted by molar-refractivity contribution is 0.214. The Hall–Kier alpha value is -1.85. The van der Waals surface area contributed by atoms with Crippen molar-refractivity contribution < 1.29 is 9.90 Å². The zero-order chi connectivity index (χ0) is 16.8. The van der Waals surface area contributed by atoms with Crippen molar-refractivity contribution in [3.05, 3.63) is 41.3 Å². The molecule has 3 N–H and O–H groups in total. The fraction of sp³-hybridized carbons (Fsp3) is 0.389. The summed E-state index contributed by atoms with van der Waals surface area (Å²) >= 11 is 1.69. The number of rotatable bonds is 6. The molecule has 1 heterocycles. The largest absolute Gasteiger partial charge is 0.394 e. The first-order valence-electron chi connectivity index (χ1n) is 7.82. The van der Waals surface area contributed by atoms with Crippen LogP contribution >= 0.6 is 11.3 Å². The van der Waals surface area contributed by atoms with Gasteiger partial charge in [-0.15, -0.1) is 11.3 Å². The molecular weight excluding hydrogens is 308 g/mol. The van der Waals surface area contributed by atoms with Gasteiger partial charge in [0.15, 0.2) is 0 Å². The summed E-state index contributed by atoms with van der Waals surface area (Å²) < 4.78 is 0. The van der Waals surface area contributed by atoms with Gasteiger partial charge in [-0.1, -0.05) is 26.0 Å². The summed E-state index contributed by atoms with van der Waals surface area (Å²) in [4.78, 5) is 13.3. The average molecular weight is 332 g/mol. The normalized spacial score (nSPS) is 12.2. The molecule has 4 nitrogen and oxygen atoms in total. The predicted octanol–water partition coefficient (Wildman–Crippen LogP) is 4.25. The van der Waals surface area contributed by atoms with Crippen molar-refractivity contribution in [3.8, 4) is 10.4 Å². The van der Waals surface area contributed by atoms with Crippen LogP contribution in [0.5, 0.6) is 0 Å². The van der Waals surface area contributed by atoms with E-state index in [2.05, 4.69) is 42.9 Å². The maximum Gasteiger partial charge on any atom is 0.319 e. The standard InChI is InChI=1S/C18H24N2O2S/c1-12(2)9-16(11-21)20-18(22)19-15-6-4-5-14(10-15)17-13(3)7-8-23-17/h4-8,10,12,16,21H,9,11H2,1-3H3,(H2,19,20,22). The number of carbonyl (C=O) groups excluding carboxylic acids is 1. The molecule has 0 saturated heterocycles. The van der Waals surface area contributed by atoms with E-state index in [4.69, 9.17) is 0 Å². The molecule has 0 aliphatic carbocycles. The van der Waals surface area contributed by atoms with Crippen molar-refractivity contribution in [2.75, 3.05) is 11.9 Å². The van der Waals surface area contributed by atoms with Gasteiger partial charge in [0, 0.05) is 10.6 Å². The Morgan fingerprint density at radius 2 is 2.09 bits per heavy atom. The van der Waals surface area contributed by atoms with Gasteiger partial charge in [-0.05, 0) is 54.0 Å². The van der Waals surface area contributed by atoms with Crippen LogP contribution < -0.4 is 10.6 Å². The number of urea groups is 1. The second-order valence-corrected chi connectivity index (χ2v) is 7.04. The molecule has 1 atom stereocenters. The molecular formula is C18H24N2O2S. The summed E-state index contributed by atoms with van der Waals surface area (Å²) in [6, 6.07) is 9.38. The highest BCUT2D eigenvalue weighted by Gasteiger charge is 2.13. The van der Waals surface area contributed by atoms with Crippen LogP contribution in [-0.2, 0) is 0 Å². The van der Waals surface area contributed by atoms with Gasteiger partial charge in [0.05, 0.1) is 12.6 Å². The van der Waals surface area contributed by atoms with Crippen molar-refractivity contribution in [3.63, 3.8) is 0 Å². The van der Waals surface area contributed by atoms with Crippen molar-refractivity contribution >= 4 is 23.1 Å². The minimum atomic E-state index is -0.287. The van der Waals surface area contributed by atoms with Crippen molar-refractivity contribution in [2.24, 2.45) is 5.92 Å². The van der Waals surface area contributed by atoms with Gasteiger partial charge in [0.25, 0.3) is 0 Å². The molecule has 124 valence electrons. The Labute approximate surface area is 141 Å². The number of aryl methyl sites for hydroxylation is 1. The van der Waals surface area contributed by atoms with Crippen LogP contribution in [0.25, 0.3) is 10.4 Å². The van der Waals surface area contributed by atoms with E-state index in [1.807, 2.05) is 24.3 Å². The summed E-state index contributed by atoms with van der Waals surface area (Å²) in [5, 5.41) is 17.1. The van der Waals surface area contributed by atoms with E-state index >= 15 is 0 Å². The zero-order valence-corrected chi connectivity index (χ0v) is 14.6. The quantitative estimate of drug-likeness (QED) is 0.740. The molecule has 0 aliphatic rings. The van der Waals surface area contributed by atoms with E-state index in [1.165, 1.54) is 10.4 Å². The minimum Gasteiger partial charge on any atom is -0.394 e. The first-order chi connectivity index (χ1) is 11.0. The molecule has 2 amide bonds. The van der Waals surface area contributed by atoms with Gasteiger partial charge in [-0.25, -0.2) is 4.79 Å². The van der Waals surface area contributed by atoms with E-state index in [-0.39, 0.29) is 18.7 Å². The Morgan fingerprint density at radius 3 is 2.70 bits per heavy atom. The molecule has 0 saturated carbocycles.